The number of anilines is 2. The Kier molecular flexibility index (Phi) is 3.64. The number of fused-ring (bicyclic) bond motifs is 5. The number of hydrogen-bond donors (Lipinski definition) is 1. The second kappa shape index (κ2) is 6.02. The van der Waals surface area contributed by atoms with E-state index in [-0.39, 0.29) is 6.04 Å². The molecule has 0 spiro atoms. The molecule has 0 saturated carbocycles. The van der Waals surface area contributed by atoms with Crippen LogP contribution in [0.2, 0.25) is 5.15 Å². The number of hydrogen-bond acceptors (Lipinski definition) is 4. The van der Waals surface area contributed by atoms with Gasteiger partial charge in [-0.25, -0.2) is 9.97 Å². The first-order chi connectivity index (χ1) is 12.7. The van der Waals surface area contributed by atoms with Gasteiger partial charge in [0.25, 0.3) is 0 Å². The van der Waals surface area contributed by atoms with Crippen molar-refractivity contribution in [2.24, 2.45) is 0 Å². The van der Waals surface area contributed by atoms with E-state index in [1.165, 1.54) is 11.3 Å². The van der Waals surface area contributed by atoms with E-state index in [0.717, 1.165) is 36.6 Å². The van der Waals surface area contributed by atoms with Crippen LogP contribution in [0.4, 0.5) is 11.5 Å². The smallest absolute Gasteiger partial charge is 0.158 e. The minimum atomic E-state index is 0.153. The standard InChI is InChI=1S/C20H20ClN5/c1-13-6-8-14(9-7-13)24-17-15-4-2-10-25(15)18-19(21)22-12-23-20(18)26-11-3-5-16(17)26/h2,4,6-10,12,16-17,24H,3,5,11H2,1H3/t16-,17-/m0/s1. The zero-order chi connectivity index (χ0) is 17.7. The third-order valence-electron chi connectivity index (χ3n) is 5.43. The van der Waals surface area contributed by atoms with Gasteiger partial charge in [-0.05, 0) is 44.0 Å². The minimum Gasteiger partial charge on any atom is -0.375 e. The fourth-order valence-corrected chi connectivity index (χ4v) is 4.44. The highest BCUT2D eigenvalue weighted by molar-refractivity contribution is 6.31. The number of rotatable bonds is 2. The molecule has 2 aliphatic rings. The van der Waals surface area contributed by atoms with E-state index in [4.69, 9.17) is 11.6 Å². The summed E-state index contributed by atoms with van der Waals surface area (Å²) in [4.78, 5) is 11.2. The first-order valence-corrected chi connectivity index (χ1v) is 9.38. The Morgan fingerprint density at radius 3 is 2.85 bits per heavy atom. The molecule has 1 N–H and O–H groups in total. The van der Waals surface area contributed by atoms with Gasteiger partial charge in [0.05, 0.1) is 12.1 Å². The topological polar surface area (TPSA) is 46.0 Å². The fourth-order valence-electron chi connectivity index (χ4n) is 4.22. The molecule has 1 saturated heterocycles. The van der Waals surface area contributed by atoms with Crippen molar-refractivity contribution in [2.75, 3.05) is 16.8 Å². The summed E-state index contributed by atoms with van der Waals surface area (Å²) in [5.41, 5.74) is 4.47. The van der Waals surface area contributed by atoms with Crippen LogP contribution in [0.5, 0.6) is 0 Å². The lowest BCUT2D eigenvalue weighted by Crippen LogP contribution is -2.37. The van der Waals surface area contributed by atoms with Gasteiger partial charge in [0.15, 0.2) is 11.0 Å². The first-order valence-electron chi connectivity index (χ1n) is 9.00. The lowest BCUT2D eigenvalue weighted by Gasteiger charge is -2.31. The van der Waals surface area contributed by atoms with E-state index in [2.05, 4.69) is 74.3 Å². The van der Waals surface area contributed by atoms with E-state index < -0.39 is 0 Å². The van der Waals surface area contributed by atoms with Crippen LogP contribution in [-0.4, -0.2) is 27.1 Å². The predicted molar refractivity (Wildman–Crippen MR) is 104 cm³/mol. The van der Waals surface area contributed by atoms with Gasteiger partial charge < -0.3 is 14.8 Å². The first kappa shape index (κ1) is 15.7. The number of aromatic nitrogens is 3. The molecule has 1 fully saturated rings. The molecule has 4 heterocycles. The quantitative estimate of drug-likeness (QED) is 0.685. The van der Waals surface area contributed by atoms with E-state index in [9.17, 15) is 0 Å². The van der Waals surface area contributed by atoms with Crippen LogP contribution in [0.3, 0.4) is 0 Å². The molecule has 132 valence electrons. The van der Waals surface area contributed by atoms with E-state index in [1.807, 2.05) is 0 Å². The van der Waals surface area contributed by atoms with Crippen LogP contribution in [0.25, 0.3) is 5.69 Å². The molecule has 5 nitrogen and oxygen atoms in total. The van der Waals surface area contributed by atoms with Crippen molar-refractivity contribution in [2.45, 2.75) is 31.8 Å². The Morgan fingerprint density at radius 1 is 1.15 bits per heavy atom. The highest BCUT2D eigenvalue weighted by atomic mass is 35.5. The van der Waals surface area contributed by atoms with Gasteiger partial charge in [-0.1, -0.05) is 29.3 Å². The molecule has 2 aliphatic heterocycles. The maximum absolute atomic E-state index is 6.50. The Morgan fingerprint density at radius 2 is 2.00 bits per heavy atom. The third-order valence-corrected chi connectivity index (χ3v) is 5.70. The van der Waals surface area contributed by atoms with Gasteiger partial charge in [-0.3, -0.25) is 0 Å². The SMILES string of the molecule is Cc1ccc(N[C@H]2c3cccn3-c3c(Cl)ncnc3N3CCC[C@@H]23)cc1. The Balaban J connectivity index is 1.66. The van der Waals surface area contributed by atoms with Gasteiger partial charge in [0.2, 0.25) is 0 Å². The fraction of sp³-hybridized carbons (Fsp3) is 0.300. The second-order valence-electron chi connectivity index (χ2n) is 7.03. The van der Waals surface area contributed by atoms with Crippen LogP contribution in [0.15, 0.2) is 48.9 Å². The normalized spacial score (nSPS) is 20.9. The molecule has 0 aliphatic carbocycles. The molecule has 26 heavy (non-hydrogen) atoms. The summed E-state index contributed by atoms with van der Waals surface area (Å²) in [7, 11) is 0. The van der Waals surface area contributed by atoms with Crippen molar-refractivity contribution < 1.29 is 0 Å². The molecule has 0 radical (unpaired) electrons. The summed E-state index contributed by atoms with van der Waals surface area (Å²) in [6.45, 7) is 3.10. The zero-order valence-corrected chi connectivity index (χ0v) is 15.3. The number of nitrogens with zero attached hydrogens (tertiary/aromatic N) is 4. The van der Waals surface area contributed by atoms with Crippen molar-refractivity contribution in [3.05, 3.63) is 65.3 Å². The molecule has 3 aromatic rings. The second-order valence-corrected chi connectivity index (χ2v) is 7.39. The summed E-state index contributed by atoms with van der Waals surface area (Å²) in [6, 6.07) is 13.3. The van der Waals surface area contributed by atoms with E-state index in [0.29, 0.717) is 11.2 Å². The average molecular weight is 366 g/mol. The van der Waals surface area contributed by atoms with Crippen molar-refractivity contribution >= 4 is 23.1 Å². The maximum atomic E-state index is 6.50. The molecular weight excluding hydrogens is 346 g/mol. The van der Waals surface area contributed by atoms with Crippen molar-refractivity contribution in [3.8, 4) is 5.69 Å². The summed E-state index contributed by atoms with van der Waals surface area (Å²) >= 11 is 6.50. The van der Waals surface area contributed by atoms with Crippen LogP contribution < -0.4 is 10.2 Å². The number of aryl methyl sites for hydroxylation is 1. The Hall–Kier alpha value is -2.53. The zero-order valence-electron chi connectivity index (χ0n) is 14.6. The van der Waals surface area contributed by atoms with Crippen molar-refractivity contribution in [1.29, 1.82) is 0 Å². The largest absolute Gasteiger partial charge is 0.375 e. The Bertz CT molecular complexity index is 949. The maximum Gasteiger partial charge on any atom is 0.158 e. The number of halogens is 1. The summed E-state index contributed by atoms with van der Waals surface area (Å²) in [5, 5.41) is 4.26. The predicted octanol–water partition coefficient (Wildman–Crippen LogP) is 4.36. The molecule has 2 aromatic heterocycles. The monoisotopic (exact) mass is 365 g/mol. The minimum absolute atomic E-state index is 0.153. The molecular formula is C20H20ClN5. The summed E-state index contributed by atoms with van der Waals surface area (Å²) < 4.78 is 2.14. The molecule has 6 heteroatoms. The lowest BCUT2D eigenvalue weighted by molar-refractivity contribution is 0.565. The number of benzene rings is 1. The van der Waals surface area contributed by atoms with Crippen LogP contribution in [0, 0.1) is 6.92 Å². The van der Waals surface area contributed by atoms with Gasteiger partial charge in [0.1, 0.15) is 12.0 Å². The van der Waals surface area contributed by atoms with E-state index in [1.54, 1.807) is 6.33 Å². The highest BCUT2D eigenvalue weighted by Gasteiger charge is 2.39. The Labute approximate surface area is 157 Å². The molecule has 5 rings (SSSR count). The van der Waals surface area contributed by atoms with Crippen LogP contribution >= 0.6 is 11.6 Å². The molecule has 2 atom stereocenters. The number of nitrogens with one attached hydrogen (secondary N) is 1. The molecule has 0 unspecified atom stereocenters. The summed E-state index contributed by atoms with van der Waals surface area (Å²) in [6.07, 6.45) is 5.89. The third kappa shape index (κ3) is 2.38. The highest BCUT2D eigenvalue weighted by Crippen LogP contribution is 2.42. The van der Waals surface area contributed by atoms with Crippen molar-refractivity contribution in [3.63, 3.8) is 0 Å². The van der Waals surface area contributed by atoms with Crippen LogP contribution in [-0.2, 0) is 0 Å². The lowest BCUT2D eigenvalue weighted by atomic mass is 10.0. The van der Waals surface area contributed by atoms with Gasteiger partial charge in [-0.2, -0.15) is 0 Å². The van der Waals surface area contributed by atoms with Gasteiger partial charge in [0, 0.05) is 24.1 Å². The van der Waals surface area contributed by atoms with Crippen molar-refractivity contribution in [1.82, 2.24) is 14.5 Å². The van der Waals surface area contributed by atoms with Gasteiger partial charge >= 0.3 is 0 Å². The molecule has 0 bridgehead atoms. The van der Waals surface area contributed by atoms with E-state index >= 15 is 0 Å². The van der Waals surface area contributed by atoms with Gasteiger partial charge in [-0.15, -0.1) is 0 Å². The summed E-state index contributed by atoms with van der Waals surface area (Å²) in [5.74, 6) is 0.929. The van der Waals surface area contributed by atoms with Crippen LogP contribution in [0.1, 0.15) is 30.1 Å². The average Bonchev–Trinajstić information content (AvgIpc) is 3.29. The molecule has 0 amide bonds. The molecule has 1 aromatic carbocycles.